The van der Waals surface area contributed by atoms with Crippen molar-refractivity contribution in [3.8, 4) is 0 Å². The Labute approximate surface area is 180 Å². The van der Waals surface area contributed by atoms with E-state index in [0.29, 0.717) is 6.61 Å². The topological polar surface area (TPSA) is 73.9 Å². The van der Waals surface area contributed by atoms with E-state index in [2.05, 4.69) is 5.32 Å². The lowest BCUT2D eigenvalue weighted by atomic mass is 10.1. The van der Waals surface area contributed by atoms with E-state index in [1.807, 2.05) is 30.3 Å². The fraction of sp³-hybridized carbons (Fsp3) is 0.391. The van der Waals surface area contributed by atoms with Crippen LogP contribution in [-0.4, -0.2) is 43.3 Å². The largest absolute Gasteiger partial charge is 0.444 e. The first-order chi connectivity index (χ1) is 14.6. The lowest BCUT2D eigenvalue weighted by Gasteiger charge is -2.23. The monoisotopic (exact) mass is 435 g/mol. The molecule has 2 aromatic rings. The van der Waals surface area contributed by atoms with Crippen LogP contribution in [0.5, 0.6) is 0 Å². The maximum atomic E-state index is 13.3. The van der Waals surface area contributed by atoms with Crippen LogP contribution in [0.1, 0.15) is 36.7 Å². The van der Waals surface area contributed by atoms with Gasteiger partial charge in [-0.3, -0.25) is 4.79 Å². The molecule has 0 aliphatic carbocycles. The molecule has 0 spiro atoms. The van der Waals surface area contributed by atoms with E-state index in [0.717, 1.165) is 17.7 Å². The van der Waals surface area contributed by atoms with E-state index in [4.69, 9.17) is 14.2 Å². The van der Waals surface area contributed by atoms with Crippen molar-refractivity contribution in [2.24, 2.45) is 0 Å². The van der Waals surface area contributed by atoms with E-state index < -0.39 is 35.2 Å². The molecular formula is C23H27F2NO5. The van der Waals surface area contributed by atoms with Crippen LogP contribution in [-0.2, 0) is 20.8 Å². The number of rotatable bonds is 10. The second-order valence-electron chi connectivity index (χ2n) is 7.91. The molecule has 2 rings (SSSR count). The van der Waals surface area contributed by atoms with Gasteiger partial charge in [0.15, 0.2) is 17.4 Å². The molecule has 1 amide bonds. The number of hydrogen-bond donors (Lipinski definition) is 1. The van der Waals surface area contributed by atoms with Crippen LogP contribution in [0.3, 0.4) is 0 Å². The predicted octanol–water partition coefficient (Wildman–Crippen LogP) is 4.27. The summed E-state index contributed by atoms with van der Waals surface area (Å²) in [6, 6.07) is 11.8. The molecule has 2 aromatic carbocycles. The Balaban J connectivity index is 1.89. The zero-order chi connectivity index (χ0) is 22.9. The SMILES string of the molecule is CC(C)(C)OC(=O)N[C@H](COCC(=O)c1ccc(F)c(F)c1)COCc1ccccc1. The van der Waals surface area contributed by atoms with Gasteiger partial charge in [-0.25, -0.2) is 13.6 Å². The highest BCUT2D eigenvalue weighted by atomic mass is 19.2. The van der Waals surface area contributed by atoms with Crippen LogP contribution in [0.2, 0.25) is 0 Å². The standard InChI is InChI=1S/C23H27F2NO5/c1-23(2,3)31-22(28)26-18(13-29-12-16-7-5-4-6-8-16)14-30-15-21(27)17-9-10-19(24)20(25)11-17/h4-11,18H,12-15H2,1-3H3,(H,26,28)/t18-/m0/s1. The molecule has 0 unspecified atom stereocenters. The molecule has 0 radical (unpaired) electrons. The quantitative estimate of drug-likeness (QED) is 0.564. The minimum Gasteiger partial charge on any atom is -0.444 e. The number of ether oxygens (including phenoxy) is 3. The molecule has 168 valence electrons. The third kappa shape index (κ3) is 9.23. The summed E-state index contributed by atoms with van der Waals surface area (Å²) in [4.78, 5) is 24.2. The fourth-order valence-electron chi connectivity index (χ4n) is 2.55. The lowest BCUT2D eigenvalue weighted by molar-refractivity contribution is 0.0265. The number of carbonyl (C=O) groups excluding carboxylic acids is 2. The number of nitrogens with one attached hydrogen (secondary N) is 1. The number of halogens is 2. The molecular weight excluding hydrogens is 408 g/mol. The molecule has 8 heteroatoms. The third-order valence-electron chi connectivity index (χ3n) is 3.95. The number of Topliss-reactive ketones (excluding diaryl/α,β-unsaturated/α-hetero) is 1. The Kier molecular flexibility index (Phi) is 9.08. The van der Waals surface area contributed by atoms with Crippen LogP contribution in [0.4, 0.5) is 13.6 Å². The summed E-state index contributed by atoms with van der Waals surface area (Å²) >= 11 is 0. The van der Waals surface area contributed by atoms with Gasteiger partial charge in [0, 0.05) is 5.56 Å². The van der Waals surface area contributed by atoms with Gasteiger partial charge in [-0.2, -0.15) is 0 Å². The van der Waals surface area contributed by atoms with Gasteiger partial charge in [-0.05, 0) is 44.5 Å². The Morgan fingerprint density at radius 1 is 0.968 bits per heavy atom. The van der Waals surface area contributed by atoms with Crippen LogP contribution >= 0.6 is 0 Å². The first kappa shape index (κ1) is 24.4. The van der Waals surface area contributed by atoms with Crippen molar-refractivity contribution in [2.75, 3.05) is 19.8 Å². The smallest absolute Gasteiger partial charge is 0.408 e. The predicted molar refractivity (Wildman–Crippen MR) is 111 cm³/mol. The maximum Gasteiger partial charge on any atom is 0.408 e. The van der Waals surface area contributed by atoms with Gasteiger partial charge in [-0.15, -0.1) is 0 Å². The Morgan fingerprint density at radius 3 is 2.29 bits per heavy atom. The highest BCUT2D eigenvalue weighted by molar-refractivity contribution is 5.97. The Morgan fingerprint density at radius 2 is 1.65 bits per heavy atom. The average Bonchev–Trinajstić information content (AvgIpc) is 2.69. The normalized spacial score (nSPS) is 12.3. The molecule has 0 aliphatic rings. The molecule has 6 nitrogen and oxygen atoms in total. The number of hydrogen-bond acceptors (Lipinski definition) is 5. The second-order valence-corrected chi connectivity index (χ2v) is 7.91. The molecule has 31 heavy (non-hydrogen) atoms. The first-order valence-corrected chi connectivity index (χ1v) is 9.81. The third-order valence-corrected chi connectivity index (χ3v) is 3.95. The van der Waals surface area contributed by atoms with E-state index in [-0.39, 0.29) is 25.4 Å². The summed E-state index contributed by atoms with van der Waals surface area (Å²) in [6.45, 7) is 5.27. The van der Waals surface area contributed by atoms with E-state index in [1.165, 1.54) is 6.07 Å². The Bertz CT molecular complexity index is 868. The molecule has 1 atom stereocenters. The van der Waals surface area contributed by atoms with Gasteiger partial charge in [-0.1, -0.05) is 30.3 Å². The van der Waals surface area contributed by atoms with Crippen molar-refractivity contribution >= 4 is 11.9 Å². The van der Waals surface area contributed by atoms with Gasteiger partial charge >= 0.3 is 6.09 Å². The highest BCUT2D eigenvalue weighted by Gasteiger charge is 2.20. The number of amides is 1. The van der Waals surface area contributed by atoms with Gasteiger partial charge in [0.2, 0.25) is 0 Å². The van der Waals surface area contributed by atoms with Crippen LogP contribution in [0.15, 0.2) is 48.5 Å². The van der Waals surface area contributed by atoms with Crippen LogP contribution in [0.25, 0.3) is 0 Å². The maximum absolute atomic E-state index is 13.3. The number of ketones is 1. The van der Waals surface area contributed by atoms with Crippen molar-refractivity contribution in [1.29, 1.82) is 0 Å². The van der Waals surface area contributed by atoms with E-state index in [9.17, 15) is 18.4 Å². The van der Waals surface area contributed by atoms with Crippen molar-refractivity contribution in [1.82, 2.24) is 5.32 Å². The van der Waals surface area contributed by atoms with E-state index in [1.54, 1.807) is 20.8 Å². The van der Waals surface area contributed by atoms with Gasteiger partial charge in [0.05, 0.1) is 25.9 Å². The van der Waals surface area contributed by atoms with Crippen molar-refractivity contribution in [3.63, 3.8) is 0 Å². The minimum atomic E-state index is -1.11. The van der Waals surface area contributed by atoms with Gasteiger partial charge in [0.1, 0.15) is 12.2 Å². The zero-order valence-electron chi connectivity index (χ0n) is 17.8. The summed E-state index contributed by atoms with van der Waals surface area (Å²) in [6.07, 6.45) is -0.642. The summed E-state index contributed by atoms with van der Waals surface area (Å²) < 4.78 is 42.6. The summed E-state index contributed by atoms with van der Waals surface area (Å²) in [7, 11) is 0. The molecule has 0 saturated carbocycles. The number of alkyl carbamates (subject to hydrolysis) is 1. The molecule has 0 heterocycles. The van der Waals surface area contributed by atoms with Crippen LogP contribution < -0.4 is 5.32 Å². The second kappa shape index (κ2) is 11.5. The first-order valence-electron chi connectivity index (χ1n) is 9.81. The number of carbonyl (C=O) groups is 2. The lowest BCUT2D eigenvalue weighted by Crippen LogP contribution is -2.44. The molecule has 0 saturated heterocycles. The molecule has 0 bridgehead atoms. The average molecular weight is 435 g/mol. The highest BCUT2D eigenvalue weighted by Crippen LogP contribution is 2.10. The fourth-order valence-corrected chi connectivity index (χ4v) is 2.55. The van der Waals surface area contributed by atoms with Crippen molar-refractivity contribution in [3.05, 3.63) is 71.3 Å². The molecule has 0 fully saturated rings. The van der Waals surface area contributed by atoms with Crippen molar-refractivity contribution < 1.29 is 32.6 Å². The van der Waals surface area contributed by atoms with Crippen LogP contribution in [0, 0.1) is 11.6 Å². The molecule has 1 N–H and O–H groups in total. The van der Waals surface area contributed by atoms with E-state index >= 15 is 0 Å². The molecule has 0 aliphatic heterocycles. The minimum absolute atomic E-state index is 0.00382. The Hall–Kier alpha value is -2.84. The summed E-state index contributed by atoms with van der Waals surface area (Å²) in [5, 5.41) is 2.66. The van der Waals surface area contributed by atoms with Crippen molar-refractivity contribution in [2.45, 2.75) is 39.0 Å². The molecule has 0 aromatic heterocycles. The number of benzene rings is 2. The summed E-state index contributed by atoms with van der Waals surface area (Å²) in [5.41, 5.74) is 0.284. The summed E-state index contributed by atoms with van der Waals surface area (Å²) in [5.74, 6) is -2.65. The van der Waals surface area contributed by atoms with Gasteiger partial charge in [0.25, 0.3) is 0 Å². The van der Waals surface area contributed by atoms with Gasteiger partial charge < -0.3 is 19.5 Å². The zero-order valence-corrected chi connectivity index (χ0v) is 17.8.